The Morgan fingerprint density at radius 2 is 1.81 bits per heavy atom. The Hall–Kier alpha value is -2.79. The minimum Gasteiger partial charge on any atom is -0.492 e. The van der Waals surface area contributed by atoms with Crippen molar-refractivity contribution < 1.29 is 14.3 Å². The van der Waals surface area contributed by atoms with Gasteiger partial charge in [-0.05, 0) is 58.2 Å². The van der Waals surface area contributed by atoms with Crippen molar-refractivity contribution in [1.29, 1.82) is 0 Å². The summed E-state index contributed by atoms with van der Waals surface area (Å²) in [7, 11) is 1.57. The lowest BCUT2D eigenvalue weighted by molar-refractivity contribution is 0.102. The van der Waals surface area contributed by atoms with Crippen LogP contribution in [0.15, 0.2) is 71.2 Å². The molecular formula is C22H20BrNO3. The smallest absolute Gasteiger partial charge is 0.255 e. The summed E-state index contributed by atoms with van der Waals surface area (Å²) in [5.41, 5.74) is 3.34. The summed E-state index contributed by atoms with van der Waals surface area (Å²) >= 11 is 3.46. The number of methoxy groups -OCH3 is 1. The summed E-state index contributed by atoms with van der Waals surface area (Å²) in [6.07, 6.45) is 0. The second-order valence-electron chi connectivity index (χ2n) is 6.09. The molecule has 0 bridgehead atoms. The molecule has 3 aromatic carbocycles. The maximum atomic E-state index is 12.7. The van der Waals surface area contributed by atoms with E-state index in [0.717, 1.165) is 16.8 Å². The van der Waals surface area contributed by atoms with Gasteiger partial charge in [-0.15, -0.1) is 0 Å². The first-order valence-corrected chi connectivity index (χ1v) is 9.28. The molecule has 0 aliphatic carbocycles. The van der Waals surface area contributed by atoms with Crippen LogP contribution < -0.4 is 14.8 Å². The van der Waals surface area contributed by atoms with Gasteiger partial charge in [-0.25, -0.2) is 0 Å². The van der Waals surface area contributed by atoms with E-state index in [9.17, 15) is 4.79 Å². The monoisotopic (exact) mass is 425 g/mol. The molecule has 0 aliphatic rings. The summed E-state index contributed by atoms with van der Waals surface area (Å²) in [6.45, 7) is 2.36. The molecular weight excluding hydrogens is 406 g/mol. The molecule has 0 saturated heterocycles. The molecule has 0 fully saturated rings. The van der Waals surface area contributed by atoms with Crippen molar-refractivity contribution in [2.75, 3.05) is 12.4 Å². The Kier molecular flexibility index (Phi) is 6.14. The third kappa shape index (κ3) is 4.89. The highest BCUT2D eigenvalue weighted by atomic mass is 79.9. The molecule has 5 heteroatoms. The molecule has 0 aliphatic heterocycles. The van der Waals surface area contributed by atoms with Crippen LogP contribution in [0.5, 0.6) is 11.5 Å². The Balaban J connectivity index is 1.83. The standard InChI is InChI=1S/C22H20BrNO3/c1-15-7-6-10-18(11-15)24-22(25)17-12-19(23)21(26-2)20(13-17)27-14-16-8-4-3-5-9-16/h3-13H,14H2,1-2H3,(H,24,25). The van der Waals surface area contributed by atoms with Crippen molar-refractivity contribution in [2.45, 2.75) is 13.5 Å². The van der Waals surface area contributed by atoms with Gasteiger partial charge >= 0.3 is 0 Å². The van der Waals surface area contributed by atoms with Crippen LogP contribution in [0.3, 0.4) is 0 Å². The van der Waals surface area contributed by atoms with E-state index < -0.39 is 0 Å². The van der Waals surface area contributed by atoms with E-state index >= 15 is 0 Å². The highest BCUT2D eigenvalue weighted by Gasteiger charge is 2.16. The van der Waals surface area contributed by atoms with Crippen LogP contribution in [0.25, 0.3) is 0 Å². The topological polar surface area (TPSA) is 47.6 Å². The third-order valence-corrected chi connectivity index (χ3v) is 4.58. The second-order valence-corrected chi connectivity index (χ2v) is 6.94. The second kappa shape index (κ2) is 8.73. The maximum absolute atomic E-state index is 12.7. The molecule has 0 heterocycles. The molecule has 27 heavy (non-hydrogen) atoms. The molecule has 0 saturated carbocycles. The average molecular weight is 426 g/mol. The number of hydrogen-bond donors (Lipinski definition) is 1. The first-order valence-electron chi connectivity index (χ1n) is 8.49. The molecule has 0 spiro atoms. The molecule has 4 nitrogen and oxygen atoms in total. The van der Waals surface area contributed by atoms with Crippen LogP contribution in [-0.4, -0.2) is 13.0 Å². The molecule has 3 rings (SSSR count). The fourth-order valence-corrected chi connectivity index (χ4v) is 3.27. The van der Waals surface area contributed by atoms with Gasteiger partial charge in [0, 0.05) is 11.3 Å². The summed E-state index contributed by atoms with van der Waals surface area (Å²) < 4.78 is 12.0. The van der Waals surface area contributed by atoms with Crippen LogP contribution in [0.2, 0.25) is 0 Å². The number of rotatable bonds is 6. The first-order chi connectivity index (χ1) is 13.1. The van der Waals surface area contributed by atoms with Crippen molar-refractivity contribution in [3.8, 4) is 11.5 Å². The zero-order valence-electron chi connectivity index (χ0n) is 15.2. The van der Waals surface area contributed by atoms with E-state index in [-0.39, 0.29) is 5.91 Å². The Morgan fingerprint density at radius 1 is 1.04 bits per heavy atom. The zero-order chi connectivity index (χ0) is 19.2. The van der Waals surface area contributed by atoms with E-state index in [4.69, 9.17) is 9.47 Å². The quantitative estimate of drug-likeness (QED) is 0.559. The Labute approximate surface area is 167 Å². The van der Waals surface area contributed by atoms with Gasteiger partial charge in [0.2, 0.25) is 0 Å². The number of ether oxygens (including phenoxy) is 2. The van der Waals surface area contributed by atoms with Gasteiger partial charge in [-0.2, -0.15) is 0 Å². The number of carbonyl (C=O) groups excluding carboxylic acids is 1. The lowest BCUT2D eigenvalue weighted by Crippen LogP contribution is -2.12. The summed E-state index contributed by atoms with van der Waals surface area (Å²) in [6, 6.07) is 20.9. The third-order valence-electron chi connectivity index (χ3n) is 3.99. The van der Waals surface area contributed by atoms with Crippen LogP contribution >= 0.6 is 15.9 Å². The first kappa shape index (κ1) is 19.0. The van der Waals surface area contributed by atoms with Gasteiger partial charge in [0.15, 0.2) is 11.5 Å². The summed E-state index contributed by atoms with van der Waals surface area (Å²) in [4.78, 5) is 12.7. The van der Waals surface area contributed by atoms with Gasteiger partial charge in [0.05, 0.1) is 11.6 Å². The number of carbonyl (C=O) groups is 1. The largest absolute Gasteiger partial charge is 0.492 e. The Morgan fingerprint density at radius 3 is 2.52 bits per heavy atom. The van der Waals surface area contributed by atoms with Gasteiger partial charge in [0.1, 0.15) is 6.61 Å². The molecule has 138 valence electrons. The number of benzene rings is 3. The summed E-state index contributed by atoms with van der Waals surface area (Å²) in [5.74, 6) is 0.844. The number of halogens is 1. The predicted molar refractivity (Wildman–Crippen MR) is 111 cm³/mol. The molecule has 0 aromatic heterocycles. The highest BCUT2D eigenvalue weighted by Crippen LogP contribution is 2.37. The van der Waals surface area contributed by atoms with Gasteiger partial charge in [0.25, 0.3) is 5.91 Å². The molecule has 1 N–H and O–H groups in total. The molecule has 3 aromatic rings. The van der Waals surface area contributed by atoms with Gasteiger partial charge < -0.3 is 14.8 Å². The maximum Gasteiger partial charge on any atom is 0.255 e. The predicted octanol–water partition coefficient (Wildman–Crippen LogP) is 5.60. The number of aryl methyl sites for hydroxylation is 1. The lowest BCUT2D eigenvalue weighted by Gasteiger charge is -2.14. The number of hydrogen-bond acceptors (Lipinski definition) is 3. The number of anilines is 1. The van der Waals surface area contributed by atoms with Crippen LogP contribution in [0, 0.1) is 6.92 Å². The van der Waals surface area contributed by atoms with Crippen LogP contribution in [-0.2, 0) is 6.61 Å². The molecule has 0 radical (unpaired) electrons. The minimum absolute atomic E-state index is 0.214. The van der Waals surface area contributed by atoms with E-state index in [2.05, 4.69) is 21.2 Å². The van der Waals surface area contributed by atoms with Crippen molar-refractivity contribution in [3.63, 3.8) is 0 Å². The van der Waals surface area contributed by atoms with Crippen LogP contribution in [0.4, 0.5) is 5.69 Å². The SMILES string of the molecule is COc1c(Br)cc(C(=O)Nc2cccc(C)c2)cc1OCc1ccccc1. The van der Waals surface area contributed by atoms with Crippen molar-refractivity contribution >= 4 is 27.5 Å². The number of nitrogens with one attached hydrogen (secondary N) is 1. The van der Waals surface area contributed by atoms with E-state index in [1.54, 1.807) is 19.2 Å². The minimum atomic E-state index is -0.214. The molecule has 0 unspecified atom stereocenters. The van der Waals surface area contributed by atoms with Crippen molar-refractivity contribution in [2.24, 2.45) is 0 Å². The fourth-order valence-electron chi connectivity index (χ4n) is 2.67. The number of amides is 1. The van der Waals surface area contributed by atoms with E-state index in [1.165, 1.54) is 0 Å². The normalized spacial score (nSPS) is 10.3. The fraction of sp³-hybridized carbons (Fsp3) is 0.136. The van der Waals surface area contributed by atoms with Crippen molar-refractivity contribution in [3.05, 3.63) is 87.9 Å². The van der Waals surface area contributed by atoms with E-state index in [0.29, 0.717) is 28.1 Å². The van der Waals surface area contributed by atoms with Gasteiger partial charge in [-0.3, -0.25) is 4.79 Å². The summed E-state index contributed by atoms with van der Waals surface area (Å²) in [5, 5.41) is 2.91. The van der Waals surface area contributed by atoms with Gasteiger partial charge in [-0.1, -0.05) is 42.5 Å². The van der Waals surface area contributed by atoms with Crippen molar-refractivity contribution in [1.82, 2.24) is 0 Å². The lowest BCUT2D eigenvalue weighted by atomic mass is 10.1. The Bertz CT molecular complexity index is 942. The van der Waals surface area contributed by atoms with Crippen LogP contribution in [0.1, 0.15) is 21.5 Å². The molecule has 0 atom stereocenters. The average Bonchev–Trinajstić information content (AvgIpc) is 2.66. The molecule has 1 amide bonds. The van der Waals surface area contributed by atoms with E-state index in [1.807, 2.05) is 61.5 Å². The highest BCUT2D eigenvalue weighted by molar-refractivity contribution is 9.10. The zero-order valence-corrected chi connectivity index (χ0v) is 16.7.